The summed E-state index contributed by atoms with van der Waals surface area (Å²) >= 11 is 0. The van der Waals surface area contributed by atoms with E-state index in [4.69, 9.17) is 4.74 Å². The quantitative estimate of drug-likeness (QED) is 0.808. The van der Waals surface area contributed by atoms with E-state index >= 15 is 0 Å². The summed E-state index contributed by atoms with van der Waals surface area (Å²) in [4.78, 5) is 38.8. The number of rotatable bonds is 5. The fourth-order valence-corrected chi connectivity index (χ4v) is 4.58. The zero-order valence-corrected chi connectivity index (χ0v) is 15.5. The molecule has 3 aliphatic rings. The van der Waals surface area contributed by atoms with Crippen molar-refractivity contribution < 1.29 is 19.1 Å². The van der Waals surface area contributed by atoms with E-state index in [1.807, 2.05) is 18.2 Å². The van der Waals surface area contributed by atoms with E-state index in [9.17, 15) is 14.4 Å². The van der Waals surface area contributed by atoms with Crippen LogP contribution in [-0.4, -0.2) is 35.3 Å². The van der Waals surface area contributed by atoms with Crippen LogP contribution in [0.4, 0.5) is 5.69 Å². The van der Waals surface area contributed by atoms with E-state index in [0.29, 0.717) is 11.4 Å². The maximum Gasteiger partial charge on any atom is 0.244 e. The third-order valence-electron chi connectivity index (χ3n) is 5.99. The van der Waals surface area contributed by atoms with Crippen molar-refractivity contribution in [3.8, 4) is 5.75 Å². The van der Waals surface area contributed by atoms with Gasteiger partial charge in [-0.25, -0.2) is 0 Å². The zero-order valence-electron chi connectivity index (χ0n) is 15.5. The number of carbonyl (C=O) groups excluding carboxylic acids is 3. The Kier molecular flexibility index (Phi) is 5.14. The molecule has 2 aliphatic carbocycles. The predicted octanol–water partition coefficient (Wildman–Crippen LogP) is 3.12. The Morgan fingerprint density at radius 1 is 0.963 bits per heavy atom. The number of fused-ring (bicyclic) bond motifs is 1. The van der Waals surface area contributed by atoms with E-state index in [1.54, 1.807) is 6.07 Å². The van der Waals surface area contributed by atoms with Crippen molar-refractivity contribution in [3.05, 3.63) is 24.3 Å². The highest BCUT2D eigenvalue weighted by atomic mass is 16.5. The van der Waals surface area contributed by atoms with E-state index in [1.165, 1.54) is 12.8 Å². The Labute approximate surface area is 159 Å². The number of hydrogen-bond acceptors (Lipinski definition) is 4. The summed E-state index contributed by atoms with van der Waals surface area (Å²) < 4.78 is 6.03. The molecule has 3 amide bonds. The monoisotopic (exact) mass is 370 g/mol. The molecule has 4 rings (SSSR count). The number of hydrogen-bond donors (Lipinski definition) is 1. The van der Waals surface area contributed by atoms with Crippen LogP contribution in [0.5, 0.6) is 5.75 Å². The van der Waals surface area contributed by atoms with Crippen molar-refractivity contribution in [2.24, 2.45) is 11.8 Å². The van der Waals surface area contributed by atoms with Gasteiger partial charge < -0.3 is 10.1 Å². The van der Waals surface area contributed by atoms with E-state index < -0.39 is 0 Å². The minimum Gasteiger partial charge on any atom is -0.488 e. The van der Waals surface area contributed by atoms with Gasteiger partial charge in [0.15, 0.2) is 0 Å². The third kappa shape index (κ3) is 3.70. The number of ether oxygens (including phenoxy) is 1. The summed E-state index contributed by atoms with van der Waals surface area (Å²) in [6.07, 6.45) is 8.05. The first kappa shape index (κ1) is 18.0. The molecule has 144 valence electrons. The second kappa shape index (κ2) is 7.71. The number of nitrogens with one attached hydrogen (secondary N) is 1. The highest BCUT2D eigenvalue weighted by Gasteiger charge is 2.48. The van der Waals surface area contributed by atoms with Crippen molar-refractivity contribution in [3.63, 3.8) is 0 Å². The van der Waals surface area contributed by atoms with Crippen molar-refractivity contribution in [1.29, 1.82) is 0 Å². The van der Waals surface area contributed by atoms with Crippen LogP contribution in [0.25, 0.3) is 0 Å². The van der Waals surface area contributed by atoms with Gasteiger partial charge in [0.25, 0.3) is 0 Å². The molecule has 3 fully saturated rings. The predicted molar refractivity (Wildman–Crippen MR) is 100 cm³/mol. The maximum atomic E-state index is 12.5. The number of amides is 3. The van der Waals surface area contributed by atoms with Crippen LogP contribution in [0, 0.1) is 11.8 Å². The standard InChI is InChI=1S/C21H26N2O4/c24-19(13-23-20(25)15-9-3-4-10-16(15)21(23)26)22-17-11-5-6-12-18(17)27-14-7-1-2-8-14/h5-6,11-12,14-16H,1-4,7-10,13H2,(H,22,24). The molecular weight excluding hydrogens is 344 g/mol. The normalized spacial score (nSPS) is 25.6. The fourth-order valence-electron chi connectivity index (χ4n) is 4.58. The minimum atomic E-state index is -0.363. The van der Waals surface area contributed by atoms with Gasteiger partial charge in [0.05, 0.1) is 23.6 Å². The Morgan fingerprint density at radius 2 is 1.56 bits per heavy atom. The lowest BCUT2D eigenvalue weighted by Gasteiger charge is -2.19. The molecule has 1 heterocycles. The summed E-state index contributed by atoms with van der Waals surface area (Å²) in [6.45, 7) is -0.220. The lowest BCUT2D eigenvalue weighted by molar-refractivity contribution is -0.142. The van der Waals surface area contributed by atoms with Crippen molar-refractivity contribution in [2.45, 2.75) is 57.5 Å². The first-order valence-electron chi connectivity index (χ1n) is 10.0. The Morgan fingerprint density at radius 3 is 2.22 bits per heavy atom. The largest absolute Gasteiger partial charge is 0.488 e. The lowest BCUT2D eigenvalue weighted by Crippen LogP contribution is -2.38. The van der Waals surface area contributed by atoms with Gasteiger partial charge in [-0.2, -0.15) is 0 Å². The van der Waals surface area contributed by atoms with E-state index in [0.717, 1.165) is 43.4 Å². The number of likely N-dealkylation sites (tertiary alicyclic amines) is 1. The van der Waals surface area contributed by atoms with Gasteiger partial charge in [-0.1, -0.05) is 25.0 Å². The van der Waals surface area contributed by atoms with Gasteiger partial charge >= 0.3 is 0 Å². The van der Waals surface area contributed by atoms with Crippen LogP contribution < -0.4 is 10.1 Å². The fraction of sp³-hybridized carbons (Fsp3) is 0.571. The Bertz CT molecular complexity index is 717. The average Bonchev–Trinajstić information content (AvgIpc) is 3.27. The number of benzene rings is 1. The molecule has 0 bridgehead atoms. The minimum absolute atomic E-state index is 0.185. The molecule has 1 aliphatic heterocycles. The van der Waals surface area contributed by atoms with Gasteiger partial charge in [-0.3, -0.25) is 19.3 Å². The lowest BCUT2D eigenvalue weighted by atomic mass is 9.81. The van der Waals surface area contributed by atoms with Crippen LogP contribution in [-0.2, 0) is 14.4 Å². The zero-order chi connectivity index (χ0) is 18.8. The highest BCUT2D eigenvalue weighted by molar-refractivity contribution is 6.08. The van der Waals surface area contributed by atoms with E-state index in [-0.39, 0.29) is 42.2 Å². The van der Waals surface area contributed by atoms with Crippen LogP contribution in [0.2, 0.25) is 0 Å². The summed E-state index contributed by atoms with van der Waals surface area (Å²) in [7, 11) is 0. The molecule has 2 saturated carbocycles. The van der Waals surface area contributed by atoms with Crippen molar-refractivity contribution in [2.75, 3.05) is 11.9 Å². The summed E-state index contributed by atoms with van der Waals surface area (Å²) in [6, 6.07) is 7.33. The van der Waals surface area contributed by atoms with Gasteiger partial charge in [0.2, 0.25) is 17.7 Å². The molecule has 2 atom stereocenters. The van der Waals surface area contributed by atoms with Gasteiger partial charge in [0, 0.05) is 0 Å². The molecule has 1 aromatic rings. The summed E-state index contributed by atoms with van der Waals surface area (Å²) in [5.41, 5.74) is 0.589. The van der Waals surface area contributed by atoms with Crippen LogP contribution in [0.15, 0.2) is 24.3 Å². The molecule has 1 N–H and O–H groups in total. The van der Waals surface area contributed by atoms with Gasteiger partial charge in [0.1, 0.15) is 12.3 Å². The molecule has 1 aromatic carbocycles. The molecular formula is C21H26N2O4. The third-order valence-corrected chi connectivity index (χ3v) is 5.99. The Hall–Kier alpha value is -2.37. The molecule has 0 aromatic heterocycles. The second-order valence-electron chi connectivity index (χ2n) is 7.83. The first-order valence-corrected chi connectivity index (χ1v) is 10.0. The average molecular weight is 370 g/mol. The molecule has 0 spiro atoms. The number of para-hydroxylation sites is 2. The SMILES string of the molecule is O=C(CN1C(=O)C2CCCCC2C1=O)Nc1ccccc1OC1CCCC1. The van der Waals surface area contributed by atoms with Gasteiger partial charge in [-0.15, -0.1) is 0 Å². The molecule has 1 saturated heterocycles. The molecule has 0 radical (unpaired) electrons. The Balaban J connectivity index is 1.41. The number of carbonyl (C=O) groups is 3. The number of anilines is 1. The van der Waals surface area contributed by atoms with Crippen molar-refractivity contribution in [1.82, 2.24) is 4.90 Å². The smallest absolute Gasteiger partial charge is 0.244 e. The van der Waals surface area contributed by atoms with E-state index in [2.05, 4.69) is 5.32 Å². The molecule has 6 heteroatoms. The van der Waals surface area contributed by atoms with Crippen molar-refractivity contribution >= 4 is 23.4 Å². The van der Waals surface area contributed by atoms with Crippen LogP contribution >= 0.6 is 0 Å². The summed E-state index contributed by atoms with van der Waals surface area (Å²) in [5.74, 6) is -0.539. The van der Waals surface area contributed by atoms with Crippen LogP contribution in [0.1, 0.15) is 51.4 Å². The van der Waals surface area contributed by atoms with Crippen LogP contribution in [0.3, 0.4) is 0 Å². The topological polar surface area (TPSA) is 75.7 Å². The highest BCUT2D eigenvalue weighted by Crippen LogP contribution is 2.38. The molecule has 2 unspecified atom stereocenters. The summed E-state index contributed by atoms with van der Waals surface area (Å²) in [5, 5.41) is 2.82. The van der Waals surface area contributed by atoms with Gasteiger partial charge in [-0.05, 0) is 50.7 Å². The number of nitrogens with zero attached hydrogens (tertiary/aromatic N) is 1. The maximum absolute atomic E-state index is 12.5. The number of imide groups is 1. The second-order valence-corrected chi connectivity index (χ2v) is 7.83. The molecule has 6 nitrogen and oxygen atoms in total. The first-order chi connectivity index (χ1) is 13.1. The molecule has 27 heavy (non-hydrogen) atoms.